The third-order valence-electron chi connectivity index (χ3n) is 4.97. The zero-order valence-corrected chi connectivity index (χ0v) is 14.1. The quantitative estimate of drug-likeness (QED) is 0.467. The summed E-state index contributed by atoms with van der Waals surface area (Å²) in [6.45, 7) is 0.225. The molecule has 27 heavy (non-hydrogen) atoms. The van der Waals surface area contributed by atoms with E-state index in [4.69, 9.17) is 0 Å². The van der Waals surface area contributed by atoms with Crippen molar-refractivity contribution in [2.45, 2.75) is 18.6 Å². The van der Waals surface area contributed by atoms with Crippen LogP contribution in [-0.2, 0) is 0 Å². The third-order valence-corrected chi connectivity index (χ3v) is 4.97. The van der Waals surface area contributed by atoms with Crippen LogP contribution in [0.15, 0.2) is 42.7 Å². The fraction of sp³-hybridized carbons (Fsp3) is 0.278. The Hall–Kier alpha value is -3.36. The number of hydrogen-bond donors (Lipinski definition) is 0. The Kier molecular flexibility index (Phi) is 4.06. The molecule has 0 bridgehead atoms. The molecule has 2 aliphatic rings. The molecule has 1 aromatic heterocycles. The number of fused-ring (bicyclic) bond motifs is 1. The van der Waals surface area contributed by atoms with Gasteiger partial charge >= 0.3 is 5.69 Å². The van der Waals surface area contributed by atoms with E-state index in [0.717, 1.165) is 11.1 Å². The van der Waals surface area contributed by atoms with Gasteiger partial charge in [0.15, 0.2) is 0 Å². The molecule has 4 rings (SSSR count). The molecular formula is C18H15FN4O4. The fourth-order valence-corrected chi connectivity index (χ4v) is 3.66. The van der Waals surface area contributed by atoms with Crippen LogP contribution in [0.4, 0.5) is 15.8 Å². The topological polar surface area (TPSA) is 96.7 Å². The Morgan fingerprint density at radius 3 is 2.44 bits per heavy atom. The van der Waals surface area contributed by atoms with Crippen molar-refractivity contribution in [2.75, 3.05) is 18.0 Å². The Labute approximate surface area is 153 Å². The van der Waals surface area contributed by atoms with Gasteiger partial charge in [-0.2, -0.15) is 0 Å². The van der Waals surface area contributed by atoms with Crippen molar-refractivity contribution in [3.05, 3.63) is 64.0 Å². The van der Waals surface area contributed by atoms with Gasteiger partial charge in [-0.15, -0.1) is 0 Å². The number of nitro groups is 1. The lowest BCUT2D eigenvalue weighted by Crippen LogP contribution is -2.56. The lowest BCUT2D eigenvalue weighted by Gasteiger charge is -2.39. The molecule has 0 spiro atoms. The van der Waals surface area contributed by atoms with Gasteiger partial charge in [0, 0.05) is 19.3 Å². The highest BCUT2D eigenvalue weighted by Crippen LogP contribution is 2.33. The molecule has 2 aliphatic heterocycles. The first-order valence-corrected chi connectivity index (χ1v) is 8.43. The number of alkyl halides is 1. The largest absolute Gasteiger partial charge is 0.364 e. The fourth-order valence-electron chi connectivity index (χ4n) is 3.66. The predicted molar refractivity (Wildman–Crippen MR) is 93.3 cm³/mol. The van der Waals surface area contributed by atoms with Gasteiger partial charge in [0.25, 0.3) is 11.8 Å². The summed E-state index contributed by atoms with van der Waals surface area (Å²) in [5.41, 5.74) is 0.600. The van der Waals surface area contributed by atoms with Gasteiger partial charge in [-0.1, -0.05) is 12.1 Å². The van der Waals surface area contributed by atoms with Crippen molar-refractivity contribution in [3.63, 3.8) is 0 Å². The smallest absolute Gasteiger partial charge is 0.310 e. The van der Waals surface area contributed by atoms with Crippen LogP contribution in [-0.4, -0.2) is 51.9 Å². The SMILES string of the molecule is O=C1c2ccccc2C(=O)N1[C@@H]1CN(c2ccncc2[N+](=O)[O-])CC[C@@H]1F. The van der Waals surface area contributed by atoms with Crippen LogP contribution >= 0.6 is 0 Å². The van der Waals surface area contributed by atoms with Crippen molar-refractivity contribution in [2.24, 2.45) is 0 Å². The third kappa shape index (κ3) is 2.71. The summed E-state index contributed by atoms with van der Waals surface area (Å²) in [7, 11) is 0. The van der Waals surface area contributed by atoms with Crippen LogP contribution in [0.25, 0.3) is 0 Å². The van der Waals surface area contributed by atoms with Gasteiger partial charge in [-0.25, -0.2) is 4.39 Å². The monoisotopic (exact) mass is 370 g/mol. The van der Waals surface area contributed by atoms with Crippen molar-refractivity contribution in [3.8, 4) is 0 Å². The number of pyridine rings is 1. The number of amides is 2. The Morgan fingerprint density at radius 1 is 1.15 bits per heavy atom. The van der Waals surface area contributed by atoms with Crippen molar-refractivity contribution in [1.82, 2.24) is 9.88 Å². The van der Waals surface area contributed by atoms with Crippen LogP contribution in [0.3, 0.4) is 0 Å². The number of nitrogens with zero attached hydrogens (tertiary/aromatic N) is 4. The summed E-state index contributed by atoms with van der Waals surface area (Å²) in [4.78, 5) is 42.4. The van der Waals surface area contributed by atoms with Gasteiger partial charge in [-0.3, -0.25) is 29.6 Å². The average molecular weight is 370 g/mol. The summed E-state index contributed by atoms with van der Waals surface area (Å²) in [5.74, 6) is -1.07. The molecule has 8 nitrogen and oxygen atoms in total. The number of aromatic nitrogens is 1. The van der Waals surface area contributed by atoms with E-state index < -0.39 is 29.0 Å². The van der Waals surface area contributed by atoms with Crippen LogP contribution in [0.5, 0.6) is 0 Å². The predicted octanol–water partition coefficient (Wildman–Crippen LogP) is 2.20. The molecule has 0 N–H and O–H groups in total. The van der Waals surface area contributed by atoms with Crippen LogP contribution in [0.2, 0.25) is 0 Å². The highest BCUT2D eigenvalue weighted by molar-refractivity contribution is 6.21. The number of benzene rings is 1. The molecule has 2 amide bonds. The van der Waals surface area contributed by atoms with E-state index in [2.05, 4.69) is 4.98 Å². The minimum atomic E-state index is -1.40. The second kappa shape index (κ2) is 6.42. The minimum absolute atomic E-state index is 0.0164. The maximum absolute atomic E-state index is 14.7. The van der Waals surface area contributed by atoms with E-state index in [-0.39, 0.29) is 36.3 Å². The summed E-state index contributed by atoms with van der Waals surface area (Å²) in [6.07, 6.45) is 1.20. The molecule has 2 atom stereocenters. The number of piperidine rings is 1. The van der Waals surface area contributed by atoms with E-state index in [9.17, 15) is 24.1 Å². The molecule has 0 radical (unpaired) electrons. The summed E-state index contributed by atoms with van der Waals surface area (Å²) in [6, 6.07) is 6.84. The van der Waals surface area contributed by atoms with E-state index >= 15 is 0 Å². The zero-order chi connectivity index (χ0) is 19.1. The van der Waals surface area contributed by atoms with E-state index in [1.807, 2.05) is 0 Å². The normalized spacial score (nSPS) is 22.1. The van der Waals surface area contributed by atoms with Gasteiger partial charge < -0.3 is 4.90 Å². The van der Waals surface area contributed by atoms with Crippen LogP contribution in [0.1, 0.15) is 27.1 Å². The number of imide groups is 1. The first kappa shape index (κ1) is 17.1. The second-order valence-electron chi connectivity index (χ2n) is 6.47. The van der Waals surface area contributed by atoms with E-state index in [0.29, 0.717) is 5.69 Å². The molecule has 138 valence electrons. The molecular weight excluding hydrogens is 355 g/mol. The van der Waals surface area contributed by atoms with E-state index in [1.54, 1.807) is 17.0 Å². The Balaban J connectivity index is 1.66. The molecule has 0 saturated carbocycles. The van der Waals surface area contributed by atoms with Crippen molar-refractivity contribution in [1.29, 1.82) is 0 Å². The van der Waals surface area contributed by atoms with Crippen molar-refractivity contribution < 1.29 is 18.9 Å². The molecule has 1 aromatic carbocycles. The molecule has 0 aliphatic carbocycles. The number of carbonyl (C=O) groups excluding carboxylic acids is 2. The lowest BCUT2D eigenvalue weighted by atomic mass is 10.0. The Bertz CT molecular complexity index is 915. The molecule has 0 unspecified atom stereocenters. The molecule has 2 aromatic rings. The number of carbonyl (C=O) groups is 2. The maximum atomic E-state index is 14.7. The van der Waals surface area contributed by atoms with E-state index in [1.165, 1.54) is 24.4 Å². The number of anilines is 1. The highest BCUT2D eigenvalue weighted by Gasteiger charge is 2.45. The van der Waals surface area contributed by atoms with Gasteiger partial charge in [0.05, 0.1) is 22.1 Å². The molecule has 9 heteroatoms. The summed E-state index contributed by atoms with van der Waals surface area (Å²) >= 11 is 0. The highest BCUT2D eigenvalue weighted by atomic mass is 19.1. The Morgan fingerprint density at radius 2 is 1.81 bits per heavy atom. The van der Waals surface area contributed by atoms with Gasteiger partial charge in [0.1, 0.15) is 18.1 Å². The number of halogens is 1. The standard InChI is InChI=1S/C18H15FN4O4/c19-13-6-8-21(14-5-7-20-9-15(14)23(26)27)10-16(13)22-17(24)11-3-1-2-4-12(11)18(22)25/h1-5,7,9,13,16H,6,8,10H2/t13-,16+/m0/s1. The van der Waals surface area contributed by atoms with Gasteiger partial charge in [-0.05, 0) is 24.6 Å². The average Bonchev–Trinajstić information content (AvgIpc) is 2.93. The summed E-state index contributed by atoms with van der Waals surface area (Å²) in [5, 5.41) is 11.3. The van der Waals surface area contributed by atoms with Crippen LogP contribution in [0, 0.1) is 10.1 Å². The first-order valence-electron chi connectivity index (χ1n) is 8.43. The number of rotatable bonds is 3. The second-order valence-corrected chi connectivity index (χ2v) is 6.47. The summed E-state index contributed by atoms with van der Waals surface area (Å²) < 4.78 is 14.7. The first-order chi connectivity index (χ1) is 13.0. The molecule has 1 fully saturated rings. The molecule has 3 heterocycles. The van der Waals surface area contributed by atoms with Gasteiger partial charge in [0.2, 0.25) is 0 Å². The minimum Gasteiger partial charge on any atom is -0.364 e. The maximum Gasteiger partial charge on any atom is 0.310 e. The van der Waals surface area contributed by atoms with Crippen molar-refractivity contribution >= 4 is 23.2 Å². The zero-order valence-electron chi connectivity index (χ0n) is 14.1. The van der Waals surface area contributed by atoms with Crippen LogP contribution < -0.4 is 4.90 Å². The lowest BCUT2D eigenvalue weighted by molar-refractivity contribution is -0.384. The molecule has 1 saturated heterocycles. The number of hydrogen-bond acceptors (Lipinski definition) is 6.